The lowest BCUT2D eigenvalue weighted by Crippen LogP contribution is -2.24. The summed E-state index contributed by atoms with van der Waals surface area (Å²) < 4.78 is 15.7. The van der Waals surface area contributed by atoms with Gasteiger partial charge in [0.1, 0.15) is 11.5 Å². The lowest BCUT2D eigenvalue weighted by molar-refractivity contribution is 0.456. The topological polar surface area (TPSA) is 42.2 Å². The molecule has 0 bridgehead atoms. The molecule has 2 rings (SSSR count). The molecular weight excluding hydrogens is 243 g/mol. The molecule has 0 aliphatic heterocycles. The fraction of sp³-hybridized carbons (Fsp3) is 0.429. The van der Waals surface area contributed by atoms with Gasteiger partial charge in [0, 0.05) is 30.1 Å². The summed E-state index contributed by atoms with van der Waals surface area (Å²) in [4.78, 5) is 8.09. The van der Waals surface area contributed by atoms with Crippen molar-refractivity contribution in [3.63, 3.8) is 0 Å². The van der Waals surface area contributed by atoms with Crippen LogP contribution in [0.4, 0.5) is 4.39 Å². The number of allylic oxidation sites excluding steroid dienone is 1. The maximum atomic E-state index is 14.0. The number of aryl methyl sites for hydroxylation is 1. The molecule has 0 aromatic carbocycles. The van der Waals surface area contributed by atoms with Crippen molar-refractivity contribution in [2.75, 3.05) is 0 Å². The lowest BCUT2D eigenvalue weighted by Gasteiger charge is -2.23. The third-order valence-electron chi connectivity index (χ3n) is 3.15. The van der Waals surface area contributed by atoms with Crippen LogP contribution in [0.15, 0.2) is 24.7 Å². The van der Waals surface area contributed by atoms with E-state index in [0.29, 0.717) is 23.6 Å². The molecule has 0 spiro atoms. The van der Waals surface area contributed by atoms with Gasteiger partial charge in [-0.15, -0.1) is 0 Å². The molecule has 2 aromatic heterocycles. The zero-order valence-electron chi connectivity index (χ0n) is 11.8. The van der Waals surface area contributed by atoms with Gasteiger partial charge in [-0.2, -0.15) is 4.39 Å². The van der Waals surface area contributed by atoms with E-state index in [-0.39, 0.29) is 5.41 Å². The van der Waals surface area contributed by atoms with E-state index in [1.54, 1.807) is 23.7 Å². The summed E-state index contributed by atoms with van der Waals surface area (Å²) >= 11 is 0. The van der Waals surface area contributed by atoms with E-state index in [1.165, 1.54) is 0 Å². The van der Waals surface area contributed by atoms with E-state index in [9.17, 15) is 4.39 Å². The normalized spacial score (nSPS) is 11.8. The fourth-order valence-electron chi connectivity index (χ4n) is 1.76. The highest BCUT2D eigenvalue weighted by atomic mass is 19.1. The highest BCUT2D eigenvalue weighted by Crippen LogP contribution is 2.22. The number of hydrogen-bond acceptors (Lipinski definition) is 3. The molecule has 4 nitrogen and oxygen atoms in total. The molecule has 0 unspecified atom stereocenters. The summed E-state index contributed by atoms with van der Waals surface area (Å²) in [6.07, 6.45) is 3.42. The monoisotopic (exact) mass is 262 g/mol. The van der Waals surface area contributed by atoms with Gasteiger partial charge in [0.25, 0.3) is 0 Å². The number of hydrogen-bond donors (Lipinski definition) is 1. The first-order chi connectivity index (χ1) is 8.80. The third-order valence-corrected chi connectivity index (χ3v) is 3.15. The Morgan fingerprint density at radius 2 is 2.16 bits per heavy atom. The molecule has 0 saturated heterocycles. The van der Waals surface area contributed by atoms with Gasteiger partial charge < -0.3 is 5.32 Å². The van der Waals surface area contributed by atoms with E-state index in [1.807, 2.05) is 0 Å². The molecule has 2 aromatic rings. The predicted molar refractivity (Wildman–Crippen MR) is 73.1 cm³/mol. The van der Waals surface area contributed by atoms with Crippen molar-refractivity contribution >= 4 is 5.65 Å². The average molecular weight is 262 g/mol. The Morgan fingerprint density at radius 3 is 2.79 bits per heavy atom. The quantitative estimate of drug-likeness (QED) is 0.865. The van der Waals surface area contributed by atoms with E-state index in [4.69, 9.17) is 0 Å². The van der Waals surface area contributed by atoms with Crippen LogP contribution >= 0.6 is 0 Å². The van der Waals surface area contributed by atoms with Crippen LogP contribution in [0.2, 0.25) is 0 Å². The first-order valence-corrected chi connectivity index (χ1v) is 6.22. The molecule has 5 heteroatoms. The number of halogens is 1. The van der Waals surface area contributed by atoms with Crippen LogP contribution in [-0.2, 0) is 6.54 Å². The summed E-state index contributed by atoms with van der Waals surface area (Å²) in [5.74, 6) is 0.105. The Bertz CT molecular complexity index is 622. The zero-order valence-corrected chi connectivity index (χ0v) is 11.8. The Balaban J connectivity index is 2.31. The Hall–Kier alpha value is -1.91. The summed E-state index contributed by atoms with van der Waals surface area (Å²) in [5.41, 5.74) is 1.85. The summed E-state index contributed by atoms with van der Waals surface area (Å²) in [6.45, 7) is 12.2. The SMILES string of the molecule is C=C(NCc1c(F)nc(C)n2ccnc12)C(C)(C)C. The van der Waals surface area contributed by atoms with Crippen LogP contribution in [0.1, 0.15) is 32.2 Å². The molecule has 2 heterocycles. The second-order valence-corrected chi connectivity index (χ2v) is 5.63. The molecule has 19 heavy (non-hydrogen) atoms. The highest BCUT2D eigenvalue weighted by Gasteiger charge is 2.17. The largest absolute Gasteiger partial charge is 0.384 e. The van der Waals surface area contributed by atoms with Crippen molar-refractivity contribution < 1.29 is 4.39 Å². The van der Waals surface area contributed by atoms with Crippen molar-refractivity contribution in [1.29, 1.82) is 0 Å². The minimum absolute atomic E-state index is 0.0691. The van der Waals surface area contributed by atoms with E-state index >= 15 is 0 Å². The molecule has 0 amide bonds. The molecule has 0 aliphatic carbocycles. The van der Waals surface area contributed by atoms with Gasteiger partial charge in [0.15, 0.2) is 0 Å². The fourth-order valence-corrected chi connectivity index (χ4v) is 1.76. The Kier molecular flexibility index (Phi) is 3.30. The van der Waals surface area contributed by atoms with Crippen molar-refractivity contribution in [2.24, 2.45) is 5.41 Å². The molecule has 1 N–H and O–H groups in total. The van der Waals surface area contributed by atoms with Gasteiger partial charge in [-0.3, -0.25) is 4.40 Å². The maximum Gasteiger partial charge on any atom is 0.223 e. The lowest BCUT2D eigenvalue weighted by atomic mass is 9.93. The maximum absolute atomic E-state index is 14.0. The number of nitrogens with zero attached hydrogens (tertiary/aromatic N) is 3. The number of aromatic nitrogens is 3. The first-order valence-electron chi connectivity index (χ1n) is 6.22. The van der Waals surface area contributed by atoms with E-state index in [2.05, 4.69) is 42.6 Å². The van der Waals surface area contributed by atoms with Gasteiger partial charge in [-0.05, 0) is 6.92 Å². The number of rotatable bonds is 3. The van der Waals surface area contributed by atoms with Crippen LogP contribution in [0.25, 0.3) is 5.65 Å². The number of nitrogens with one attached hydrogen (secondary N) is 1. The second kappa shape index (κ2) is 4.64. The highest BCUT2D eigenvalue weighted by molar-refractivity contribution is 5.47. The molecule has 0 radical (unpaired) electrons. The minimum Gasteiger partial charge on any atom is -0.384 e. The van der Waals surface area contributed by atoms with Crippen LogP contribution in [0, 0.1) is 18.3 Å². The third kappa shape index (κ3) is 2.59. The zero-order chi connectivity index (χ0) is 14.2. The van der Waals surface area contributed by atoms with Crippen molar-refractivity contribution in [3.8, 4) is 0 Å². The number of fused-ring (bicyclic) bond motifs is 1. The Morgan fingerprint density at radius 1 is 1.47 bits per heavy atom. The van der Waals surface area contributed by atoms with Gasteiger partial charge >= 0.3 is 0 Å². The molecule has 102 valence electrons. The molecular formula is C14H19FN4. The Labute approximate surface area is 112 Å². The van der Waals surface area contributed by atoms with Crippen molar-refractivity contribution in [1.82, 2.24) is 19.7 Å². The molecule has 0 fully saturated rings. The van der Waals surface area contributed by atoms with Crippen LogP contribution in [-0.4, -0.2) is 14.4 Å². The second-order valence-electron chi connectivity index (χ2n) is 5.63. The molecule has 0 atom stereocenters. The van der Waals surface area contributed by atoms with Gasteiger partial charge in [0.05, 0.1) is 5.56 Å². The van der Waals surface area contributed by atoms with Gasteiger partial charge in [-0.25, -0.2) is 9.97 Å². The van der Waals surface area contributed by atoms with Crippen molar-refractivity contribution in [2.45, 2.75) is 34.2 Å². The average Bonchev–Trinajstić information content (AvgIpc) is 2.76. The predicted octanol–water partition coefficient (Wildman–Crippen LogP) is 2.83. The summed E-state index contributed by atoms with van der Waals surface area (Å²) in [5, 5.41) is 3.15. The molecule has 0 aliphatic rings. The standard InChI is InChI=1S/C14H19FN4/c1-9(14(3,4)5)17-8-11-12(15)18-10(2)19-7-6-16-13(11)19/h6-7,17H,1,8H2,2-5H3. The van der Waals surface area contributed by atoms with Crippen LogP contribution < -0.4 is 5.32 Å². The first kappa shape index (κ1) is 13.5. The van der Waals surface area contributed by atoms with E-state index in [0.717, 1.165) is 5.70 Å². The smallest absolute Gasteiger partial charge is 0.223 e. The van der Waals surface area contributed by atoms with E-state index < -0.39 is 5.95 Å². The summed E-state index contributed by atoms with van der Waals surface area (Å²) in [7, 11) is 0. The molecule has 0 saturated carbocycles. The summed E-state index contributed by atoms with van der Waals surface area (Å²) in [6, 6.07) is 0. The van der Waals surface area contributed by atoms with Gasteiger partial charge in [0.2, 0.25) is 5.95 Å². The minimum atomic E-state index is -0.481. The van der Waals surface area contributed by atoms with Crippen molar-refractivity contribution in [3.05, 3.63) is 42.0 Å². The van der Waals surface area contributed by atoms with Gasteiger partial charge in [-0.1, -0.05) is 27.4 Å². The van der Waals surface area contributed by atoms with Crippen LogP contribution in [0.5, 0.6) is 0 Å². The van der Waals surface area contributed by atoms with Crippen LogP contribution in [0.3, 0.4) is 0 Å². The number of imidazole rings is 1.